The summed E-state index contributed by atoms with van der Waals surface area (Å²) in [5, 5.41) is 5.49. The molecule has 0 unspecified atom stereocenters. The van der Waals surface area contributed by atoms with Crippen molar-refractivity contribution in [1.82, 2.24) is 15.6 Å². The third kappa shape index (κ3) is 19.3. The number of fused-ring (bicyclic) bond motifs is 2. The van der Waals surface area contributed by atoms with E-state index in [0.29, 0.717) is 132 Å². The molecule has 0 bridgehead atoms. The van der Waals surface area contributed by atoms with Gasteiger partial charge in [-0.3, -0.25) is 19.2 Å². The number of aromatic nitrogens is 1. The van der Waals surface area contributed by atoms with Gasteiger partial charge in [-0.1, -0.05) is 48.2 Å². The molecule has 2 heterocycles. The SMILES string of the molecule is O=Cc1cccc(C(=O)NCCOCCOCCOCCOCCOCCOCCOCCOCCNC(=O)CCC(=O)N2Cc3ccccc3C#Cc3ccccc32)n1. The van der Waals surface area contributed by atoms with E-state index in [0.717, 1.165) is 22.4 Å². The number of ether oxygens (including phenoxy) is 8. The first-order chi connectivity index (χ1) is 29.5. The summed E-state index contributed by atoms with van der Waals surface area (Å²) in [5.74, 6) is 5.68. The van der Waals surface area contributed by atoms with Gasteiger partial charge in [0, 0.05) is 37.1 Å². The summed E-state index contributed by atoms with van der Waals surface area (Å²) in [6.07, 6.45) is 0.752. The average Bonchev–Trinajstić information content (AvgIpc) is 3.27. The summed E-state index contributed by atoms with van der Waals surface area (Å²) >= 11 is 0. The first-order valence-corrected chi connectivity index (χ1v) is 20.1. The molecule has 324 valence electrons. The van der Waals surface area contributed by atoms with Crippen LogP contribution in [0.15, 0.2) is 66.7 Å². The minimum absolute atomic E-state index is 0.0789. The van der Waals surface area contributed by atoms with Crippen LogP contribution in [0.25, 0.3) is 0 Å². The summed E-state index contributed by atoms with van der Waals surface area (Å²) in [6.45, 7) is 7.70. The molecule has 0 fully saturated rings. The van der Waals surface area contributed by atoms with Gasteiger partial charge >= 0.3 is 0 Å². The van der Waals surface area contributed by atoms with Crippen molar-refractivity contribution in [3.8, 4) is 11.8 Å². The number of benzene rings is 2. The fourth-order valence-corrected chi connectivity index (χ4v) is 5.53. The van der Waals surface area contributed by atoms with Gasteiger partial charge in [0.05, 0.1) is 118 Å². The van der Waals surface area contributed by atoms with Gasteiger partial charge in [-0.15, -0.1) is 0 Å². The lowest BCUT2D eigenvalue weighted by atomic mass is 10.0. The minimum Gasteiger partial charge on any atom is -0.377 e. The van der Waals surface area contributed by atoms with Crippen LogP contribution < -0.4 is 15.5 Å². The molecule has 3 aromatic rings. The van der Waals surface area contributed by atoms with Crippen molar-refractivity contribution in [3.63, 3.8) is 0 Å². The molecule has 0 spiro atoms. The number of hydrogen-bond acceptors (Lipinski definition) is 13. The van der Waals surface area contributed by atoms with E-state index in [4.69, 9.17) is 37.9 Å². The van der Waals surface area contributed by atoms with Gasteiger partial charge in [-0.05, 0) is 35.9 Å². The summed E-state index contributed by atoms with van der Waals surface area (Å²) in [4.78, 5) is 54.2. The van der Waals surface area contributed by atoms with Crippen LogP contribution in [0.4, 0.5) is 5.69 Å². The first-order valence-electron chi connectivity index (χ1n) is 20.1. The van der Waals surface area contributed by atoms with Crippen LogP contribution in [0, 0.1) is 11.8 Å². The number of hydrogen-bond donors (Lipinski definition) is 2. The number of carbonyl (C=O) groups is 4. The molecule has 2 N–H and O–H groups in total. The second kappa shape index (κ2) is 30.0. The van der Waals surface area contributed by atoms with Crippen LogP contribution >= 0.6 is 0 Å². The monoisotopic (exact) mass is 832 g/mol. The van der Waals surface area contributed by atoms with E-state index in [2.05, 4.69) is 27.5 Å². The number of rotatable bonds is 32. The van der Waals surface area contributed by atoms with Gasteiger partial charge in [0.25, 0.3) is 5.91 Å². The lowest BCUT2D eigenvalue weighted by molar-refractivity contribution is -0.125. The predicted molar refractivity (Wildman–Crippen MR) is 221 cm³/mol. The number of pyridine rings is 1. The fraction of sp³-hybridized carbons (Fsp3) is 0.477. The standard InChI is InChI=1S/C44H56N4O12/c49-35-39-9-5-10-40(47-39)44(52)46-17-19-54-21-23-56-25-27-58-29-31-60-33-32-59-30-28-57-26-24-55-22-20-53-18-16-45-42(50)14-15-43(51)48-34-38-8-2-1-6-36(38)12-13-37-7-3-4-11-41(37)48/h1-11,35H,14-34H2,(H,45,50)(H,46,52). The van der Waals surface area contributed by atoms with Crippen LogP contribution in [0.2, 0.25) is 0 Å². The number of anilines is 1. The van der Waals surface area contributed by atoms with E-state index in [1.54, 1.807) is 11.0 Å². The molecular formula is C44H56N4O12. The smallest absolute Gasteiger partial charge is 0.269 e. The molecule has 1 aliphatic heterocycles. The summed E-state index contributed by atoms with van der Waals surface area (Å²) in [7, 11) is 0. The number of para-hydroxylation sites is 1. The van der Waals surface area contributed by atoms with Gasteiger partial charge < -0.3 is 53.4 Å². The lowest BCUT2D eigenvalue weighted by Crippen LogP contribution is -2.34. The number of nitrogens with one attached hydrogen (secondary N) is 2. The highest BCUT2D eigenvalue weighted by atomic mass is 16.6. The molecule has 0 aliphatic carbocycles. The quantitative estimate of drug-likeness (QED) is 0.0533. The van der Waals surface area contributed by atoms with E-state index >= 15 is 0 Å². The van der Waals surface area contributed by atoms with Crippen molar-refractivity contribution in [2.45, 2.75) is 19.4 Å². The topological polar surface area (TPSA) is 182 Å². The second-order valence-corrected chi connectivity index (χ2v) is 13.0. The third-order valence-electron chi connectivity index (χ3n) is 8.57. The Morgan fingerprint density at radius 1 is 0.567 bits per heavy atom. The summed E-state index contributed by atoms with van der Waals surface area (Å²) in [5.41, 5.74) is 3.77. The summed E-state index contributed by atoms with van der Waals surface area (Å²) < 4.78 is 43.9. The zero-order valence-electron chi connectivity index (χ0n) is 34.1. The number of aldehydes is 1. The molecule has 0 radical (unpaired) electrons. The minimum atomic E-state index is -0.367. The third-order valence-corrected chi connectivity index (χ3v) is 8.57. The van der Waals surface area contributed by atoms with Crippen LogP contribution in [-0.4, -0.2) is 148 Å². The van der Waals surface area contributed by atoms with E-state index in [1.807, 2.05) is 48.5 Å². The van der Waals surface area contributed by atoms with E-state index < -0.39 is 0 Å². The van der Waals surface area contributed by atoms with Crippen molar-refractivity contribution in [1.29, 1.82) is 0 Å². The van der Waals surface area contributed by atoms with Gasteiger partial charge in [0.2, 0.25) is 11.8 Å². The Labute approximate surface area is 351 Å². The molecule has 4 rings (SSSR count). The molecule has 0 saturated heterocycles. The maximum atomic E-state index is 13.3. The largest absolute Gasteiger partial charge is 0.377 e. The molecule has 1 aromatic heterocycles. The highest BCUT2D eigenvalue weighted by molar-refractivity contribution is 5.97. The number of carbonyl (C=O) groups excluding carboxylic acids is 4. The van der Waals surface area contributed by atoms with Crippen LogP contribution in [-0.2, 0) is 54.0 Å². The maximum absolute atomic E-state index is 13.3. The Balaban J connectivity index is 0.841. The molecule has 60 heavy (non-hydrogen) atoms. The molecule has 0 saturated carbocycles. The number of amides is 3. The Bertz CT molecular complexity index is 1800. The Hall–Kier alpha value is -5.09. The van der Waals surface area contributed by atoms with E-state index in [-0.39, 0.29) is 42.0 Å². The predicted octanol–water partition coefficient (Wildman–Crippen LogP) is 2.60. The lowest BCUT2D eigenvalue weighted by Gasteiger charge is -2.26. The number of nitrogens with zero attached hydrogens (tertiary/aromatic N) is 2. The fourth-order valence-electron chi connectivity index (χ4n) is 5.53. The van der Waals surface area contributed by atoms with Crippen molar-refractivity contribution in [2.24, 2.45) is 0 Å². The van der Waals surface area contributed by atoms with E-state index in [1.165, 1.54) is 12.1 Å². The molecule has 1 aliphatic rings. The Morgan fingerprint density at radius 3 is 1.62 bits per heavy atom. The molecule has 0 atom stereocenters. The highest BCUT2D eigenvalue weighted by Gasteiger charge is 2.21. The van der Waals surface area contributed by atoms with Crippen molar-refractivity contribution >= 4 is 29.7 Å². The van der Waals surface area contributed by atoms with Gasteiger partial charge in [0.1, 0.15) is 11.4 Å². The van der Waals surface area contributed by atoms with Gasteiger partial charge in [-0.2, -0.15) is 0 Å². The van der Waals surface area contributed by atoms with E-state index in [9.17, 15) is 19.2 Å². The van der Waals surface area contributed by atoms with Gasteiger partial charge in [0.15, 0.2) is 6.29 Å². The second-order valence-electron chi connectivity index (χ2n) is 13.0. The zero-order chi connectivity index (χ0) is 42.3. The van der Waals surface area contributed by atoms with Crippen molar-refractivity contribution in [3.05, 3.63) is 94.8 Å². The van der Waals surface area contributed by atoms with Crippen LogP contribution in [0.1, 0.15) is 50.5 Å². The van der Waals surface area contributed by atoms with Crippen LogP contribution in [0.5, 0.6) is 0 Å². The first kappa shape index (κ1) is 47.6. The maximum Gasteiger partial charge on any atom is 0.269 e. The molecule has 16 nitrogen and oxygen atoms in total. The zero-order valence-corrected chi connectivity index (χ0v) is 34.1. The Morgan fingerprint density at radius 2 is 1.05 bits per heavy atom. The highest BCUT2D eigenvalue weighted by Crippen LogP contribution is 2.26. The normalized spacial score (nSPS) is 11.7. The molecule has 16 heteroatoms. The van der Waals surface area contributed by atoms with Gasteiger partial charge in [-0.25, -0.2) is 4.98 Å². The molecule has 2 aromatic carbocycles. The molecular weight excluding hydrogens is 776 g/mol. The average molecular weight is 833 g/mol. The summed E-state index contributed by atoms with van der Waals surface area (Å²) in [6, 6.07) is 20.0. The van der Waals surface area contributed by atoms with Crippen molar-refractivity contribution < 1.29 is 57.1 Å². The van der Waals surface area contributed by atoms with Crippen molar-refractivity contribution in [2.75, 3.05) is 124 Å². The molecule has 3 amide bonds. The van der Waals surface area contributed by atoms with Crippen LogP contribution in [0.3, 0.4) is 0 Å². The Kier molecular flexibility index (Phi) is 23.8.